The van der Waals surface area contributed by atoms with Gasteiger partial charge < -0.3 is 20.3 Å². The summed E-state index contributed by atoms with van der Waals surface area (Å²) >= 11 is 1.75. The van der Waals surface area contributed by atoms with Gasteiger partial charge in [-0.1, -0.05) is 12.1 Å². The second kappa shape index (κ2) is 10.3. The Bertz CT molecular complexity index is 722. The first-order valence-electron chi connectivity index (χ1n) is 9.59. The van der Waals surface area contributed by atoms with Crippen LogP contribution >= 0.6 is 11.3 Å². The van der Waals surface area contributed by atoms with Gasteiger partial charge in [0.15, 0.2) is 5.96 Å². The summed E-state index contributed by atoms with van der Waals surface area (Å²) in [4.78, 5) is 12.7. The van der Waals surface area contributed by atoms with Crippen LogP contribution in [0.25, 0.3) is 0 Å². The number of thiazole rings is 1. The number of morpholine rings is 1. The van der Waals surface area contributed by atoms with Crippen LogP contribution in [0.1, 0.15) is 22.4 Å². The highest BCUT2D eigenvalue weighted by Crippen LogP contribution is 2.17. The summed E-state index contributed by atoms with van der Waals surface area (Å²) in [7, 11) is 0. The van der Waals surface area contributed by atoms with Gasteiger partial charge in [0.05, 0.1) is 24.8 Å². The molecule has 1 aliphatic rings. The molecule has 1 saturated heterocycles. The maximum Gasteiger partial charge on any atom is 0.191 e. The molecule has 2 N–H and O–H groups in total. The lowest BCUT2D eigenvalue weighted by atomic mass is 10.2. The van der Waals surface area contributed by atoms with Crippen LogP contribution in [0.3, 0.4) is 0 Å². The van der Waals surface area contributed by atoms with E-state index in [-0.39, 0.29) is 0 Å². The molecule has 0 atom stereocenters. The molecule has 1 aromatic carbocycles. The van der Waals surface area contributed by atoms with Gasteiger partial charge in [-0.3, -0.25) is 0 Å². The number of benzene rings is 1. The molecule has 2 heterocycles. The summed E-state index contributed by atoms with van der Waals surface area (Å²) in [5.41, 5.74) is 2.47. The normalized spacial score (nSPS) is 15.0. The van der Waals surface area contributed by atoms with Crippen LogP contribution < -0.4 is 15.5 Å². The van der Waals surface area contributed by atoms with Crippen LogP contribution in [0.15, 0.2) is 35.5 Å². The molecule has 0 saturated carbocycles. The van der Waals surface area contributed by atoms with Crippen LogP contribution in [0, 0.1) is 6.92 Å². The van der Waals surface area contributed by atoms with Crippen LogP contribution in [-0.2, 0) is 17.7 Å². The summed E-state index contributed by atoms with van der Waals surface area (Å²) in [5, 5.41) is 7.86. The van der Waals surface area contributed by atoms with Gasteiger partial charge in [0, 0.05) is 49.4 Å². The van der Waals surface area contributed by atoms with Gasteiger partial charge in [0.25, 0.3) is 0 Å². The molecule has 1 aliphatic heterocycles. The van der Waals surface area contributed by atoms with Crippen molar-refractivity contribution in [1.82, 2.24) is 15.6 Å². The molecule has 27 heavy (non-hydrogen) atoms. The monoisotopic (exact) mass is 387 g/mol. The summed E-state index contributed by atoms with van der Waals surface area (Å²) in [6.45, 7) is 10.1. The standard InChI is InChI=1S/C20H29N5OS/c1-3-21-20(22-9-8-19-23-14-16(2)27-19)24-15-17-4-6-18(7-5-17)25-10-12-26-13-11-25/h4-7,14H,3,8-13,15H2,1-2H3,(H2,21,22,24). The third-order valence-electron chi connectivity index (χ3n) is 4.38. The number of guanidine groups is 1. The van der Waals surface area contributed by atoms with E-state index in [1.165, 1.54) is 16.1 Å². The number of nitrogens with zero attached hydrogens (tertiary/aromatic N) is 3. The van der Waals surface area contributed by atoms with Crippen molar-refractivity contribution < 1.29 is 4.74 Å². The first-order valence-corrected chi connectivity index (χ1v) is 10.4. The number of hydrogen-bond acceptors (Lipinski definition) is 5. The zero-order valence-electron chi connectivity index (χ0n) is 16.2. The Morgan fingerprint density at radius 1 is 1.22 bits per heavy atom. The molecule has 3 rings (SSSR count). The molecule has 1 aromatic heterocycles. The molecular weight excluding hydrogens is 358 g/mol. The lowest BCUT2D eigenvalue weighted by Gasteiger charge is -2.28. The van der Waals surface area contributed by atoms with Crippen molar-refractivity contribution in [1.29, 1.82) is 0 Å². The highest BCUT2D eigenvalue weighted by molar-refractivity contribution is 7.11. The molecule has 2 aromatic rings. The molecule has 0 amide bonds. The molecule has 6 nitrogen and oxygen atoms in total. The molecule has 0 aliphatic carbocycles. The second-order valence-corrected chi connectivity index (χ2v) is 7.82. The third-order valence-corrected chi connectivity index (χ3v) is 5.35. The van der Waals surface area contributed by atoms with E-state index in [4.69, 9.17) is 9.73 Å². The lowest BCUT2D eigenvalue weighted by Crippen LogP contribution is -2.38. The van der Waals surface area contributed by atoms with Crippen LogP contribution in [0.2, 0.25) is 0 Å². The van der Waals surface area contributed by atoms with E-state index in [0.717, 1.165) is 56.8 Å². The van der Waals surface area contributed by atoms with Crippen molar-refractivity contribution in [3.05, 3.63) is 45.9 Å². The third kappa shape index (κ3) is 6.22. The lowest BCUT2D eigenvalue weighted by molar-refractivity contribution is 0.122. The van der Waals surface area contributed by atoms with Crippen LogP contribution in [0.4, 0.5) is 5.69 Å². The second-order valence-electron chi connectivity index (χ2n) is 6.50. The van der Waals surface area contributed by atoms with E-state index in [2.05, 4.69) is 58.6 Å². The minimum absolute atomic E-state index is 0.662. The van der Waals surface area contributed by atoms with Gasteiger partial charge in [-0.05, 0) is 31.5 Å². The number of aromatic nitrogens is 1. The van der Waals surface area contributed by atoms with Crippen molar-refractivity contribution in [3.63, 3.8) is 0 Å². The fourth-order valence-electron chi connectivity index (χ4n) is 2.95. The van der Waals surface area contributed by atoms with Crippen molar-refractivity contribution in [2.75, 3.05) is 44.3 Å². The summed E-state index contributed by atoms with van der Waals surface area (Å²) < 4.78 is 5.42. The SMILES string of the molecule is CCNC(=NCc1ccc(N2CCOCC2)cc1)NCCc1ncc(C)s1. The number of hydrogen-bond donors (Lipinski definition) is 2. The average molecular weight is 388 g/mol. The molecular formula is C20H29N5OS. The van der Waals surface area contributed by atoms with E-state index in [1.807, 2.05) is 6.20 Å². The van der Waals surface area contributed by atoms with Crippen LogP contribution in [-0.4, -0.2) is 50.3 Å². The van der Waals surface area contributed by atoms with Crippen molar-refractivity contribution in [2.45, 2.75) is 26.8 Å². The molecule has 0 radical (unpaired) electrons. The Kier molecular flexibility index (Phi) is 7.47. The van der Waals surface area contributed by atoms with Gasteiger partial charge in [0.1, 0.15) is 0 Å². The topological polar surface area (TPSA) is 61.8 Å². The van der Waals surface area contributed by atoms with E-state index in [0.29, 0.717) is 6.54 Å². The number of rotatable bonds is 7. The molecule has 0 spiro atoms. The number of aliphatic imine (C=N–C) groups is 1. The fourth-order valence-corrected chi connectivity index (χ4v) is 3.74. The smallest absolute Gasteiger partial charge is 0.191 e. The van der Waals surface area contributed by atoms with E-state index in [1.54, 1.807) is 11.3 Å². The Morgan fingerprint density at radius 3 is 2.67 bits per heavy atom. The molecule has 146 valence electrons. The van der Waals surface area contributed by atoms with Crippen molar-refractivity contribution in [3.8, 4) is 0 Å². The van der Waals surface area contributed by atoms with Gasteiger partial charge in [-0.25, -0.2) is 9.98 Å². The zero-order chi connectivity index (χ0) is 18.9. The Balaban J connectivity index is 1.50. The van der Waals surface area contributed by atoms with Crippen LogP contribution in [0.5, 0.6) is 0 Å². The predicted molar refractivity (Wildman–Crippen MR) is 113 cm³/mol. The van der Waals surface area contributed by atoms with E-state index >= 15 is 0 Å². The zero-order valence-corrected chi connectivity index (χ0v) is 17.0. The van der Waals surface area contributed by atoms with Gasteiger partial charge >= 0.3 is 0 Å². The number of aryl methyl sites for hydroxylation is 1. The Labute approximate surface area is 165 Å². The molecule has 0 unspecified atom stereocenters. The summed E-state index contributed by atoms with van der Waals surface area (Å²) in [6.07, 6.45) is 2.84. The highest BCUT2D eigenvalue weighted by Gasteiger charge is 2.10. The highest BCUT2D eigenvalue weighted by atomic mass is 32.1. The number of ether oxygens (including phenoxy) is 1. The molecule has 0 bridgehead atoms. The summed E-state index contributed by atoms with van der Waals surface area (Å²) in [5.74, 6) is 0.850. The quantitative estimate of drug-likeness (QED) is 0.565. The molecule has 7 heteroatoms. The van der Waals surface area contributed by atoms with Gasteiger partial charge in [0.2, 0.25) is 0 Å². The van der Waals surface area contributed by atoms with Crippen molar-refractivity contribution >= 4 is 23.0 Å². The van der Waals surface area contributed by atoms with Crippen molar-refractivity contribution in [2.24, 2.45) is 4.99 Å². The minimum Gasteiger partial charge on any atom is -0.378 e. The maximum atomic E-state index is 5.42. The Morgan fingerprint density at radius 2 is 2.00 bits per heavy atom. The number of anilines is 1. The average Bonchev–Trinajstić information content (AvgIpc) is 3.12. The van der Waals surface area contributed by atoms with Gasteiger partial charge in [-0.15, -0.1) is 11.3 Å². The first kappa shape index (κ1) is 19.6. The number of nitrogens with one attached hydrogen (secondary N) is 2. The minimum atomic E-state index is 0.662. The summed E-state index contributed by atoms with van der Waals surface area (Å²) in [6, 6.07) is 8.69. The largest absolute Gasteiger partial charge is 0.378 e. The molecule has 1 fully saturated rings. The predicted octanol–water partition coefficient (Wildman–Crippen LogP) is 2.59. The first-order chi connectivity index (χ1) is 13.2. The fraction of sp³-hybridized carbons (Fsp3) is 0.500. The van der Waals surface area contributed by atoms with E-state index in [9.17, 15) is 0 Å². The maximum absolute atomic E-state index is 5.42. The van der Waals surface area contributed by atoms with E-state index < -0.39 is 0 Å². The Hall–Kier alpha value is -2.12. The van der Waals surface area contributed by atoms with Gasteiger partial charge in [-0.2, -0.15) is 0 Å².